The van der Waals surface area contributed by atoms with Crippen molar-refractivity contribution >= 4 is 23.4 Å². The van der Waals surface area contributed by atoms with Crippen molar-refractivity contribution in [2.45, 2.75) is 45.8 Å². The van der Waals surface area contributed by atoms with Crippen molar-refractivity contribution in [1.29, 1.82) is 5.26 Å². The predicted molar refractivity (Wildman–Crippen MR) is 153 cm³/mol. The zero-order valence-electron chi connectivity index (χ0n) is 22.7. The van der Waals surface area contributed by atoms with Crippen LogP contribution in [-0.4, -0.2) is 41.0 Å². The second kappa shape index (κ2) is 11.2. The highest BCUT2D eigenvalue weighted by molar-refractivity contribution is 6.30. The van der Waals surface area contributed by atoms with E-state index in [0.29, 0.717) is 35.7 Å². The van der Waals surface area contributed by atoms with Gasteiger partial charge in [-0.3, -0.25) is 9.59 Å². The highest BCUT2D eigenvalue weighted by Crippen LogP contribution is 2.46. The van der Waals surface area contributed by atoms with Crippen LogP contribution in [0, 0.1) is 22.7 Å². The molecule has 1 aliphatic rings. The first kappa shape index (κ1) is 28.4. The Labute approximate surface area is 235 Å². The van der Waals surface area contributed by atoms with Crippen molar-refractivity contribution in [2.24, 2.45) is 11.3 Å². The molecule has 2 atom stereocenters. The lowest BCUT2D eigenvalue weighted by Crippen LogP contribution is -2.60. The number of hydrogen-bond acceptors (Lipinski definition) is 4. The molecule has 0 bridgehead atoms. The summed E-state index contributed by atoms with van der Waals surface area (Å²) in [6, 6.07) is 23.0. The first-order valence-electron chi connectivity index (χ1n) is 13.1. The molecule has 2 N–H and O–H groups in total. The van der Waals surface area contributed by atoms with Crippen LogP contribution >= 0.6 is 11.6 Å². The number of likely N-dealkylation sites (tertiary alicyclic amines) is 1. The lowest BCUT2D eigenvalue weighted by Gasteiger charge is -2.51. The summed E-state index contributed by atoms with van der Waals surface area (Å²) in [6.07, 6.45) is 0.368. The van der Waals surface area contributed by atoms with Gasteiger partial charge in [0.25, 0.3) is 5.91 Å². The van der Waals surface area contributed by atoms with Gasteiger partial charge in [-0.15, -0.1) is 0 Å². The molecule has 3 aromatic carbocycles. The lowest BCUT2D eigenvalue weighted by molar-refractivity contribution is -0.155. The summed E-state index contributed by atoms with van der Waals surface area (Å²) in [5, 5.41) is 24.7. The normalized spacial score (nSPS) is 19.3. The number of rotatable bonds is 6. The van der Waals surface area contributed by atoms with Crippen molar-refractivity contribution in [3.8, 4) is 17.2 Å². The summed E-state index contributed by atoms with van der Waals surface area (Å²) in [4.78, 5) is 28.8. The fourth-order valence-electron chi connectivity index (χ4n) is 5.37. The van der Waals surface area contributed by atoms with E-state index in [9.17, 15) is 20.0 Å². The van der Waals surface area contributed by atoms with Gasteiger partial charge in [0, 0.05) is 29.1 Å². The number of amides is 2. The van der Waals surface area contributed by atoms with E-state index >= 15 is 0 Å². The van der Waals surface area contributed by atoms with Gasteiger partial charge in [-0.1, -0.05) is 81.8 Å². The van der Waals surface area contributed by atoms with E-state index in [1.54, 1.807) is 47.4 Å². The highest BCUT2D eigenvalue weighted by Gasteiger charge is 2.50. The molecule has 202 valence electrons. The Hall–Kier alpha value is -3.66. The molecular formula is C32H34ClN3O3. The van der Waals surface area contributed by atoms with Gasteiger partial charge in [-0.2, -0.15) is 5.26 Å². The molecule has 3 aromatic rings. The van der Waals surface area contributed by atoms with E-state index < -0.39 is 17.1 Å². The van der Waals surface area contributed by atoms with Crippen molar-refractivity contribution in [1.82, 2.24) is 10.2 Å². The molecule has 0 unspecified atom stereocenters. The maximum Gasteiger partial charge on any atom is 0.251 e. The minimum absolute atomic E-state index is 0.149. The molecule has 39 heavy (non-hydrogen) atoms. The molecule has 0 aromatic heterocycles. The molecule has 0 radical (unpaired) electrons. The van der Waals surface area contributed by atoms with Gasteiger partial charge in [-0.25, -0.2) is 0 Å². The second-order valence-electron chi connectivity index (χ2n) is 11.2. The molecule has 1 aliphatic heterocycles. The summed E-state index contributed by atoms with van der Waals surface area (Å²) >= 11 is 6.05. The SMILES string of the molecule is CC(C)[C@@H](NC(=O)c1cccc(-c2ccccc2C#N)c1)C(=O)N1CC[C@](O)(c2ccc(Cl)cc2)C(C)(C)C1. The Morgan fingerprint density at radius 2 is 1.74 bits per heavy atom. The Morgan fingerprint density at radius 1 is 1.05 bits per heavy atom. The van der Waals surface area contributed by atoms with Crippen molar-refractivity contribution in [3.05, 3.63) is 94.5 Å². The topological polar surface area (TPSA) is 93.4 Å². The molecule has 2 amide bonds. The average molecular weight is 544 g/mol. The van der Waals surface area contributed by atoms with Gasteiger partial charge in [0.1, 0.15) is 6.04 Å². The van der Waals surface area contributed by atoms with Gasteiger partial charge in [-0.05, 0) is 59.4 Å². The van der Waals surface area contributed by atoms with E-state index in [-0.39, 0.29) is 17.7 Å². The van der Waals surface area contributed by atoms with E-state index in [4.69, 9.17) is 11.6 Å². The molecule has 6 nitrogen and oxygen atoms in total. The maximum atomic E-state index is 13.7. The number of carbonyl (C=O) groups excluding carboxylic acids is 2. The third-order valence-corrected chi connectivity index (χ3v) is 8.04. The molecular weight excluding hydrogens is 510 g/mol. The number of hydrogen-bond donors (Lipinski definition) is 2. The van der Waals surface area contributed by atoms with Crippen LogP contribution in [0.3, 0.4) is 0 Å². The summed E-state index contributed by atoms with van der Waals surface area (Å²) in [5.74, 6) is -0.674. The maximum absolute atomic E-state index is 13.7. The molecule has 1 fully saturated rings. The van der Waals surface area contributed by atoms with Gasteiger partial charge in [0.2, 0.25) is 5.91 Å². The Balaban J connectivity index is 1.52. The third kappa shape index (κ3) is 5.71. The lowest BCUT2D eigenvalue weighted by atomic mass is 9.66. The molecule has 1 saturated heterocycles. The molecule has 0 saturated carbocycles. The van der Waals surface area contributed by atoms with Crippen LogP contribution in [0.15, 0.2) is 72.8 Å². The van der Waals surface area contributed by atoms with Crippen molar-refractivity contribution < 1.29 is 14.7 Å². The first-order valence-corrected chi connectivity index (χ1v) is 13.5. The van der Waals surface area contributed by atoms with Crippen LogP contribution in [0.5, 0.6) is 0 Å². The quantitative estimate of drug-likeness (QED) is 0.412. The number of halogens is 1. The van der Waals surface area contributed by atoms with E-state index in [0.717, 1.165) is 16.7 Å². The van der Waals surface area contributed by atoms with Gasteiger partial charge >= 0.3 is 0 Å². The summed E-state index contributed by atoms with van der Waals surface area (Å²) in [5.41, 5.74) is 1.46. The van der Waals surface area contributed by atoms with Gasteiger partial charge < -0.3 is 15.3 Å². The number of nitrogens with one attached hydrogen (secondary N) is 1. The van der Waals surface area contributed by atoms with Crippen molar-refractivity contribution in [3.63, 3.8) is 0 Å². The highest BCUT2D eigenvalue weighted by atomic mass is 35.5. The third-order valence-electron chi connectivity index (χ3n) is 7.79. The largest absolute Gasteiger partial charge is 0.384 e. The van der Waals surface area contributed by atoms with E-state index in [1.165, 1.54) is 0 Å². The minimum atomic E-state index is -1.12. The second-order valence-corrected chi connectivity index (χ2v) is 11.6. The number of carbonyl (C=O) groups is 2. The number of piperidine rings is 1. The zero-order chi connectivity index (χ0) is 28.4. The smallest absolute Gasteiger partial charge is 0.251 e. The molecule has 1 heterocycles. The number of nitrogens with zero attached hydrogens (tertiary/aromatic N) is 2. The summed E-state index contributed by atoms with van der Waals surface area (Å²) < 4.78 is 0. The van der Waals surface area contributed by atoms with Crippen LogP contribution in [0.2, 0.25) is 5.02 Å². The Bertz CT molecular complexity index is 1410. The standard InChI is InChI=1S/C32H34ClN3O3/c1-21(2)28(35-29(37)23-10-7-9-22(18-23)27-11-6-5-8-24(27)19-34)30(38)36-17-16-32(39,31(3,4)20-36)25-12-14-26(33)15-13-25/h5-15,18,21,28,39H,16-17,20H2,1-4H3,(H,35,37)/t28-,32+/m1/s1. The van der Waals surface area contributed by atoms with Crippen LogP contribution in [0.4, 0.5) is 0 Å². The van der Waals surface area contributed by atoms with Crippen LogP contribution in [0.1, 0.15) is 55.6 Å². The average Bonchev–Trinajstić information content (AvgIpc) is 2.92. The van der Waals surface area contributed by atoms with Crippen LogP contribution in [-0.2, 0) is 10.4 Å². The molecule has 0 spiro atoms. The molecule has 4 rings (SSSR count). The van der Waals surface area contributed by atoms with Crippen LogP contribution < -0.4 is 5.32 Å². The number of nitriles is 1. The first-order chi connectivity index (χ1) is 18.5. The monoisotopic (exact) mass is 543 g/mol. The Kier molecular flexibility index (Phi) is 8.15. The number of aliphatic hydroxyl groups is 1. The molecule has 0 aliphatic carbocycles. The fourth-order valence-corrected chi connectivity index (χ4v) is 5.49. The summed E-state index contributed by atoms with van der Waals surface area (Å²) in [7, 11) is 0. The van der Waals surface area contributed by atoms with Crippen LogP contribution in [0.25, 0.3) is 11.1 Å². The zero-order valence-corrected chi connectivity index (χ0v) is 23.5. The van der Waals surface area contributed by atoms with Gasteiger partial charge in [0.15, 0.2) is 0 Å². The van der Waals surface area contributed by atoms with Crippen molar-refractivity contribution in [2.75, 3.05) is 13.1 Å². The number of benzene rings is 3. The fraction of sp³-hybridized carbons (Fsp3) is 0.344. The van der Waals surface area contributed by atoms with Gasteiger partial charge in [0.05, 0.1) is 17.2 Å². The predicted octanol–water partition coefficient (Wildman–Crippen LogP) is 5.78. The van der Waals surface area contributed by atoms with E-state index in [1.807, 2.05) is 58.0 Å². The summed E-state index contributed by atoms with van der Waals surface area (Å²) in [6.45, 7) is 8.41. The Morgan fingerprint density at radius 3 is 2.38 bits per heavy atom. The molecule has 7 heteroatoms. The minimum Gasteiger partial charge on any atom is -0.384 e. The van der Waals surface area contributed by atoms with E-state index in [2.05, 4.69) is 11.4 Å².